The van der Waals surface area contributed by atoms with Gasteiger partial charge in [-0.3, -0.25) is 0 Å². The average molecular weight is 442 g/mol. The largest absolute Gasteiger partial charge is 0.377 e. The van der Waals surface area contributed by atoms with Gasteiger partial charge in [0.1, 0.15) is 0 Å². The molecule has 1 N–H and O–H groups in total. The zero-order chi connectivity index (χ0) is 15.3. The van der Waals surface area contributed by atoms with Crippen molar-refractivity contribution in [2.45, 2.75) is 18.4 Å². The summed E-state index contributed by atoms with van der Waals surface area (Å²) in [5.74, 6) is 0.965. The molecule has 0 aromatic heterocycles. The van der Waals surface area contributed by atoms with Crippen molar-refractivity contribution in [3.63, 3.8) is 0 Å². The van der Waals surface area contributed by atoms with E-state index in [0.717, 1.165) is 17.0 Å². The molecular weight excluding hydrogens is 428 g/mol. The van der Waals surface area contributed by atoms with E-state index in [0.29, 0.717) is 16.9 Å². The van der Waals surface area contributed by atoms with Crippen molar-refractivity contribution in [3.8, 4) is 0 Å². The van der Waals surface area contributed by atoms with Crippen LogP contribution in [0, 0.1) is 9.49 Å². The number of nitrogens with one attached hydrogen (secondary N) is 1. The molecule has 3 atom stereocenters. The fraction of sp³-hybridized carbons (Fsp3) is 0.222. The quantitative estimate of drug-likeness (QED) is 0.397. The second-order valence-electron chi connectivity index (χ2n) is 5.85. The highest BCUT2D eigenvalue weighted by atomic mass is 127. The van der Waals surface area contributed by atoms with E-state index in [1.807, 2.05) is 12.1 Å². The highest BCUT2D eigenvalue weighted by molar-refractivity contribution is 14.1. The monoisotopic (exact) mass is 441 g/mol. The number of para-hydroxylation sites is 1. The molecule has 112 valence electrons. The summed E-state index contributed by atoms with van der Waals surface area (Å²) >= 11 is 14.9. The summed E-state index contributed by atoms with van der Waals surface area (Å²) in [5, 5.41) is 5.16. The highest BCUT2D eigenvalue weighted by Gasteiger charge is 2.39. The van der Waals surface area contributed by atoms with Gasteiger partial charge in [-0.2, -0.15) is 0 Å². The average Bonchev–Trinajstić information content (AvgIpc) is 2.97. The van der Waals surface area contributed by atoms with E-state index >= 15 is 0 Å². The van der Waals surface area contributed by atoms with Gasteiger partial charge >= 0.3 is 0 Å². The predicted octanol–water partition coefficient (Wildman–Crippen LogP) is 6.42. The minimum atomic E-state index is 0.216. The van der Waals surface area contributed by atoms with Crippen LogP contribution in [0.15, 0.2) is 48.6 Å². The third-order valence-corrected chi connectivity index (χ3v) is 6.10. The van der Waals surface area contributed by atoms with Crippen LogP contribution in [0.3, 0.4) is 0 Å². The highest BCUT2D eigenvalue weighted by Crippen LogP contribution is 2.51. The number of rotatable bonds is 1. The molecule has 1 aliphatic carbocycles. The van der Waals surface area contributed by atoms with Crippen molar-refractivity contribution < 1.29 is 0 Å². The summed E-state index contributed by atoms with van der Waals surface area (Å²) in [4.78, 5) is 0. The Morgan fingerprint density at radius 2 is 1.95 bits per heavy atom. The Bertz CT molecular complexity index is 772. The summed E-state index contributed by atoms with van der Waals surface area (Å²) < 4.78 is 1.25. The molecule has 2 aliphatic rings. The van der Waals surface area contributed by atoms with Crippen LogP contribution in [0.25, 0.3) is 0 Å². The minimum Gasteiger partial charge on any atom is -0.377 e. The molecule has 0 bridgehead atoms. The molecule has 0 spiro atoms. The van der Waals surface area contributed by atoms with E-state index in [1.54, 1.807) is 0 Å². The first kappa shape index (κ1) is 14.9. The van der Waals surface area contributed by atoms with Gasteiger partial charge in [-0.15, -0.1) is 0 Å². The summed E-state index contributed by atoms with van der Waals surface area (Å²) in [7, 11) is 0. The Hall–Kier alpha value is -0.710. The van der Waals surface area contributed by atoms with Crippen molar-refractivity contribution in [2.24, 2.45) is 5.92 Å². The van der Waals surface area contributed by atoms with Gasteiger partial charge in [-0.1, -0.05) is 53.6 Å². The van der Waals surface area contributed by atoms with E-state index in [-0.39, 0.29) is 6.04 Å². The standard InChI is InChI=1S/C18H14Cl2IN/c19-10-7-8-14(15(20)9-10)17-12-4-1-3-11(12)13-5-2-6-16(21)18(13)22-17/h1-3,5-9,11-12,17,22H,4H2/t11-,12-,17-/m1/s1. The van der Waals surface area contributed by atoms with Crippen LogP contribution in [0.4, 0.5) is 5.69 Å². The Kier molecular flexibility index (Phi) is 3.87. The number of hydrogen-bond acceptors (Lipinski definition) is 1. The van der Waals surface area contributed by atoms with E-state index in [2.05, 4.69) is 64.3 Å². The van der Waals surface area contributed by atoms with Crippen molar-refractivity contribution in [3.05, 3.63) is 73.3 Å². The van der Waals surface area contributed by atoms with Crippen LogP contribution in [0.2, 0.25) is 10.0 Å². The number of halogens is 3. The van der Waals surface area contributed by atoms with Crippen molar-refractivity contribution in [1.82, 2.24) is 0 Å². The smallest absolute Gasteiger partial charge is 0.0568 e. The lowest BCUT2D eigenvalue weighted by Crippen LogP contribution is -2.29. The molecule has 0 fully saturated rings. The molecule has 2 aromatic carbocycles. The van der Waals surface area contributed by atoms with Gasteiger partial charge in [0, 0.05) is 19.5 Å². The fourth-order valence-corrected chi connectivity index (χ4v) is 4.85. The first-order valence-corrected chi connectivity index (χ1v) is 9.15. The van der Waals surface area contributed by atoms with Crippen LogP contribution < -0.4 is 5.32 Å². The van der Waals surface area contributed by atoms with Crippen molar-refractivity contribution in [1.29, 1.82) is 0 Å². The summed E-state index contributed by atoms with van der Waals surface area (Å²) in [6, 6.07) is 12.5. The molecule has 0 saturated heterocycles. The second-order valence-corrected chi connectivity index (χ2v) is 7.85. The van der Waals surface area contributed by atoms with Gasteiger partial charge in [-0.25, -0.2) is 0 Å². The molecule has 1 nitrogen and oxygen atoms in total. The Labute approximate surface area is 153 Å². The van der Waals surface area contributed by atoms with E-state index in [9.17, 15) is 0 Å². The molecule has 0 unspecified atom stereocenters. The molecule has 0 saturated carbocycles. The van der Waals surface area contributed by atoms with Gasteiger partial charge < -0.3 is 5.32 Å². The fourth-order valence-electron chi connectivity index (χ4n) is 3.64. The first-order chi connectivity index (χ1) is 10.6. The van der Waals surface area contributed by atoms with Crippen molar-refractivity contribution >= 4 is 51.5 Å². The summed E-state index contributed by atoms with van der Waals surface area (Å²) in [6.07, 6.45) is 5.71. The Balaban J connectivity index is 1.84. The topological polar surface area (TPSA) is 12.0 Å². The van der Waals surface area contributed by atoms with Crippen LogP contribution >= 0.6 is 45.8 Å². The molecular formula is C18H14Cl2IN. The lowest BCUT2D eigenvalue weighted by atomic mass is 9.77. The Morgan fingerprint density at radius 1 is 1.09 bits per heavy atom. The molecule has 0 radical (unpaired) electrons. The third kappa shape index (κ3) is 2.36. The van der Waals surface area contributed by atoms with E-state index in [1.165, 1.54) is 14.8 Å². The normalized spacial score (nSPS) is 25.5. The van der Waals surface area contributed by atoms with Gasteiger partial charge in [0.2, 0.25) is 0 Å². The van der Waals surface area contributed by atoms with Crippen LogP contribution in [0.5, 0.6) is 0 Å². The lowest BCUT2D eigenvalue weighted by molar-refractivity contribution is 0.425. The molecule has 2 aromatic rings. The second kappa shape index (κ2) is 5.73. The molecule has 1 heterocycles. The maximum atomic E-state index is 6.47. The SMILES string of the molecule is Clc1ccc([C@@H]2Nc3c(I)cccc3[C@@H]3C=CC[C@H]32)c(Cl)c1. The van der Waals surface area contributed by atoms with Gasteiger partial charge in [-0.05, 0) is 64.3 Å². The number of anilines is 1. The van der Waals surface area contributed by atoms with Crippen LogP contribution in [-0.2, 0) is 0 Å². The molecule has 1 aliphatic heterocycles. The summed E-state index contributed by atoms with van der Waals surface area (Å²) in [6.45, 7) is 0. The number of fused-ring (bicyclic) bond motifs is 3. The van der Waals surface area contributed by atoms with Gasteiger partial charge in [0.25, 0.3) is 0 Å². The molecule has 0 amide bonds. The maximum absolute atomic E-state index is 6.47. The first-order valence-electron chi connectivity index (χ1n) is 7.31. The molecule has 4 heteroatoms. The van der Waals surface area contributed by atoms with Gasteiger partial charge in [0.05, 0.1) is 11.7 Å². The molecule has 4 rings (SSSR count). The Morgan fingerprint density at radius 3 is 2.77 bits per heavy atom. The minimum absolute atomic E-state index is 0.216. The molecule has 22 heavy (non-hydrogen) atoms. The zero-order valence-electron chi connectivity index (χ0n) is 11.7. The van der Waals surface area contributed by atoms with Crippen LogP contribution in [-0.4, -0.2) is 0 Å². The van der Waals surface area contributed by atoms with E-state index < -0.39 is 0 Å². The third-order valence-electron chi connectivity index (χ3n) is 4.64. The lowest BCUT2D eigenvalue weighted by Gasteiger charge is -2.38. The number of hydrogen-bond donors (Lipinski definition) is 1. The van der Waals surface area contributed by atoms with Crippen molar-refractivity contribution in [2.75, 3.05) is 5.32 Å². The number of allylic oxidation sites excluding steroid dienone is 2. The zero-order valence-corrected chi connectivity index (χ0v) is 15.4. The van der Waals surface area contributed by atoms with E-state index in [4.69, 9.17) is 23.2 Å². The maximum Gasteiger partial charge on any atom is 0.0568 e. The predicted molar refractivity (Wildman–Crippen MR) is 102 cm³/mol. The summed E-state index contributed by atoms with van der Waals surface area (Å²) in [5.41, 5.74) is 3.77. The van der Waals surface area contributed by atoms with Crippen LogP contribution in [0.1, 0.15) is 29.5 Å². The number of benzene rings is 2. The van der Waals surface area contributed by atoms with Gasteiger partial charge in [0.15, 0.2) is 0 Å².